The maximum atomic E-state index is 14.8. The van der Waals surface area contributed by atoms with Crippen molar-refractivity contribution in [3.8, 4) is 17.0 Å². The zero-order valence-electron chi connectivity index (χ0n) is 20.1. The summed E-state index contributed by atoms with van der Waals surface area (Å²) >= 11 is 0. The number of halogens is 4. The molecular formula is C24H28F4N8O. The second-order valence-corrected chi connectivity index (χ2v) is 9.02. The number of hydrogen-bond acceptors (Lipinski definition) is 9. The second kappa shape index (κ2) is 10.6. The Labute approximate surface area is 211 Å². The lowest BCUT2D eigenvalue weighted by Crippen LogP contribution is -2.55. The summed E-state index contributed by atoms with van der Waals surface area (Å²) in [6.07, 6.45) is 0.840. The molecule has 1 aromatic carbocycles. The Bertz CT molecular complexity index is 1280. The summed E-state index contributed by atoms with van der Waals surface area (Å²) in [5, 5.41) is 3.08. The van der Waals surface area contributed by atoms with Gasteiger partial charge in [0.2, 0.25) is 6.43 Å². The van der Waals surface area contributed by atoms with Gasteiger partial charge in [0.15, 0.2) is 23.2 Å². The van der Waals surface area contributed by atoms with Gasteiger partial charge in [0.25, 0.3) is 0 Å². The first-order valence-corrected chi connectivity index (χ1v) is 11.5. The monoisotopic (exact) mass is 520 g/mol. The number of nitrogens with two attached hydrogens (primary N) is 3. The summed E-state index contributed by atoms with van der Waals surface area (Å²) in [7, 11) is 1.24. The quantitative estimate of drug-likeness (QED) is 0.328. The van der Waals surface area contributed by atoms with Crippen LogP contribution in [-0.4, -0.2) is 47.1 Å². The molecule has 7 N–H and O–H groups in total. The molecule has 13 heteroatoms. The summed E-state index contributed by atoms with van der Waals surface area (Å²) in [5.74, 6) is -1.32. The standard InChI is InChI=1S/C24H28F4N8O/c1-37-19-7-15(25)14(6-16(19)26)17-5-13(9-33-23-21(29)22(30)34-12-35-23)18(10-32-17)36-4-2-3-24(31,11-36)8-20(27)28/h5-7,10,12,20H,2-4,8-9,11,29,31H2,1H3,(H3,30,33,34,35)/t24-/m0/s1. The van der Waals surface area contributed by atoms with E-state index in [9.17, 15) is 17.6 Å². The predicted octanol–water partition coefficient (Wildman–Crippen LogP) is 3.55. The van der Waals surface area contributed by atoms with Gasteiger partial charge in [-0.15, -0.1) is 0 Å². The third-order valence-electron chi connectivity index (χ3n) is 6.35. The van der Waals surface area contributed by atoms with Crippen molar-refractivity contribution in [2.75, 3.05) is 41.9 Å². The molecule has 0 spiro atoms. The van der Waals surface area contributed by atoms with Crippen LogP contribution < -0.4 is 32.2 Å². The van der Waals surface area contributed by atoms with Gasteiger partial charge >= 0.3 is 0 Å². The van der Waals surface area contributed by atoms with Gasteiger partial charge in [-0.1, -0.05) is 0 Å². The third-order valence-corrected chi connectivity index (χ3v) is 6.35. The molecule has 3 aromatic rings. The van der Waals surface area contributed by atoms with E-state index in [1.54, 1.807) is 6.07 Å². The summed E-state index contributed by atoms with van der Waals surface area (Å²) in [6, 6.07) is 3.54. The van der Waals surface area contributed by atoms with Crippen LogP contribution in [0.4, 0.5) is 40.6 Å². The fourth-order valence-electron chi connectivity index (χ4n) is 4.51. The minimum absolute atomic E-state index is 0.0681. The van der Waals surface area contributed by atoms with E-state index in [-0.39, 0.29) is 47.4 Å². The van der Waals surface area contributed by atoms with Crippen LogP contribution in [0, 0.1) is 11.6 Å². The molecule has 0 unspecified atom stereocenters. The Hall–Kier alpha value is -3.87. The number of pyridine rings is 1. The number of benzene rings is 1. The normalized spacial score (nSPS) is 17.8. The molecule has 0 amide bonds. The summed E-state index contributed by atoms with van der Waals surface area (Å²) < 4.78 is 60.4. The van der Waals surface area contributed by atoms with E-state index < -0.39 is 30.0 Å². The highest BCUT2D eigenvalue weighted by molar-refractivity contribution is 5.73. The van der Waals surface area contributed by atoms with E-state index >= 15 is 0 Å². The van der Waals surface area contributed by atoms with Crippen molar-refractivity contribution in [1.82, 2.24) is 15.0 Å². The number of nitrogens with one attached hydrogen (secondary N) is 1. The molecule has 0 radical (unpaired) electrons. The zero-order valence-corrected chi connectivity index (χ0v) is 20.1. The van der Waals surface area contributed by atoms with Crippen molar-refractivity contribution in [1.29, 1.82) is 0 Å². The molecule has 1 saturated heterocycles. The predicted molar refractivity (Wildman–Crippen MR) is 133 cm³/mol. The third kappa shape index (κ3) is 5.77. The maximum Gasteiger partial charge on any atom is 0.240 e. The van der Waals surface area contributed by atoms with Crippen LogP contribution in [0.1, 0.15) is 24.8 Å². The lowest BCUT2D eigenvalue weighted by atomic mass is 9.86. The number of piperidine rings is 1. The van der Waals surface area contributed by atoms with Gasteiger partial charge < -0.3 is 32.2 Å². The molecule has 37 heavy (non-hydrogen) atoms. The topological polar surface area (TPSA) is 141 Å². The molecule has 1 aliphatic rings. The average Bonchev–Trinajstić information content (AvgIpc) is 2.85. The van der Waals surface area contributed by atoms with Gasteiger partial charge in [-0.25, -0.2) is 27.5 Å². The number of nitrogen functional groups attached to an aromatic ring is 2. The Balaban J connectivity index is 1.72. The van der Waals surface area contributed by atoms with E-state index in [4.69, 9.17) is 21.9 Å². The first-order chi connectivity index (χ1) is 17.6. The molecule has 198 valence electrons. The summed E-state index contributed by atoms with van der Waals surface area (Å²) in [4.78, 5) is 14.2. The molecule has 2 aromatic heterocycles. The van der Waals surface area contributed by atoms with Gasteiger partial charge in [-0.05, 0) is 30.5 Å². The van der Waals surface area contributed by atoms with Crippen molar-refractivity contribution < 1.29 is 22.3 Å². The largest absolute Gasteiger partial charge is 0.494 e. The lowest BCUT2D eigenvalue weighted by Gasteiger charge is -2.42. The Kier molecular flexibility index (Phi) is 7.52. The molecule has 0 bridgehead atoms. The minimum Gasteiger partial charge on any atom is -0.494 e. The summed E-state index contributed by atoms with van der Waals surface area (Å²) in [6.45, 7) is 0.874. The van der Waals surface area contributed by atoms with Gasteiger partial charge in [0.05, 0.1) is 24.7 Å². The fraction of sp³-hybridized carbons (Fsp3) is 0.375. The number of nitrogens with zero attached hydrogens (tertiary/aromatic N) is 4. The van der Waals surface area contributed by atoms with Crippen LogP contribution in [-0.2, 0) is 6.54 Å². The number of methoxy groups -OCH3 is 1. The van der Waals surface area contributed by atoms with Crippen molar-refractivity contribution in [2.45, 2.75) is 37.8 Å². The number of alkyl halides is 2. The minimum atomic E-state index is -2.54. The van der Waals surface area contributed by atoms with Gasteiger partial charge in [0.1, 0.15) is 17.8 Å². The Morgan fingerprint density at radius 2 is 1.92 bits per heavy atom. The van der Waals surface area contributed by atoms with Crippen LogP contribution in [0.15, 0.2) is 30.7 Å². The van der Waals surface area contributed by atoms with Crippen LogP contribution in [0.2, 0.25) is 0 Å². The van der Waals surface area contributed by atoms with Crippen LogP contribution >= 0.6 is 0 Å². The van der Waals surface area contributed by atoms with Crippen LogP contribution in [0.3, 0.4) is 0 Å². The first kappa shape index (κ1) is 26.2. The molecule has 1 fully saturated rings. The highest BCUT2D eigenvalue weighted by atomic mass is 19.3. The Morgan fingerprint density at radius 3 is 2.65 bits per heavy atom. The number of anilines is 4. The van der Waals surface area contributed by atoms with E-state index in [0.717, 1.165) is 12.1 Å². The molecule has 4 rings (SSSR count). The maximum absolute atomic E-state index is 14.8. The second-order valence-electron chi connectivity index (χ2n) is 9.02. The van der Waals surface area contributed by atoms with Gasteiger partial charge in [-0.2, -0.15) is 0 Å². The average molecular weight is 521 g/mol. The van der Waals surface area contributed by atoms with Crippen LogP contribution in [0.5, 0.6) is 5.75 Å². The number of rotatable bonds is 8. The number of ether oxygens (including phenoxy) is 1. The molecule has 0 aliphatic carbocycles. The molecule has 1 atom stereocenters. The van der Waals surface area contributed by atoms with Crippen LogP contribution in [0.25, 0.3) is 11.3 Å². The number of hydrogen-bond donors (Lipinski definition) is 4. The van der Waals surface area contributed by atoms with E-state index in [1.807, 2.05) is 4.90 Å². The highest BCUT2D eigenvalue weighted by Gasteiger charge is 2.35. The van der Waals surface area contributed by atoms with Crippen molar-refractivity contribution in [3.63, 3.8) is 0 Å². The van der Waals surface area contributed by atoms with E-state index in [1.165, 1.54) is 19.6 Å². The highest BCUT2D eigenvalue weighted by Crippen LogP contribution is 2.34. The summed E-state index contributed by atoms with van der Waals surface area (Å²) in [5.41, 5.74) is 18.4. The Morgan fingerprint density at radius 1 is 1.14 bits per heavy atom. The SMILES string of the molecule is COc1cc(F)c(-c2cc(CNc3ncnc(N)c3N)c(N3CCC[C@](N)(CC(F)F)C3)cn2)cc1F. The molecule has 3 heterocycles. The molecule has 9 nitrogen and oxygen atoms in total. The van der Waals surface area contributed by atoms with Crippen molar-refractivity contribution >= 4 is 23.0 Å². The van der Waals surface area contributed by atoms with E-state index in [2.05, 4.69) is 20.3 Å². The number of aromatic nitrogens is 3. The molecular weight excluding hydrogens is 492 g/mol. The smallest absolute Gasteiger partial charge is 0.240 e. The van der Waals surface area contributed by atoms with Gasteiger partial charge in [-0.3, -0.25) is 4.98 Å². The molecule has 1 aliphatic heterocycles. The first-order valence-electron chi connectivity index (χ1n) is 11.5. The molecule has 0 saturated carbocycles. The van der Waals surface area contributed by atoms with Crippen molar-refractivity contribution in [2.24, 2.45) is 5.73 Å². The van der Waals surface area contributed by atoms with Gasteiger partial charge in [0, 0.05) is 43.2 Å². The lowest BCUT2D eigenvalue weighted by molar-refractivity contribution is 0.0983. The zero-order chi connectivity index (χ0) is 26.7. The van der Waals surface area contributed by atoms with E-state index in [0.29, 0.717) is 30.6 Å². The van der Waals surface area contributed by atoms with Crippen molar-refractivity contribution in [3.05, 3.63) is 47.9 Å². The fourth-order valence-corrected chi connectivity index (χ4v) is 4.51.